The Labute approximate surface area is 136 Å². The smallest absolute Gasteiger partial charge is 0.312 e. The van der Waals surface area contributed by atoms with Crippen molar-refractivity contribution in [3.63, 3.8) is 0 Å². The summed E-state index contributed by atoms with van der Waals surface area (Å²) in [6.07, 6.45) is 3.02. The molecule has 3 N–H and O–H groups in total. The van der Waals surface area contributed by atoms with Gasteiger partial charge in [0.2, 0.25) is 5.91 Å². The first-order chi connectivity index (χ1) is 10.4. The highest BCUT2D eigenvalue weighted by Crippen LogP contribution is 2.21. The molecule has 0 bridgehead atoms. The summed E-state index contributed by atoms with van der Waals surface area (Å²) in [5, 5.41) is 3.22. The van der Waals surface area contributed by atoms with E-state index in [2.05, 4.69) is 5.32 Å². The molecule has 0 saturated heterocycles. The van der Waals surface area contributed by atoms with Gasteiger partial charge in [0.1, 0.15) is 0 Å². The van der Waals surface area contributed by atoms with Crippen molar-refractivity contribution < 1.29 is 9.59 Å². The summed E-state index contributed by atoms with van der Waals surface area (Å²) < 4.78 is 0. The minimum Gasteiger partial charge on any atom is -0.352 e. The molecule has 0 aliphatic carbocycles. The molecular weight excluding hydrogens is 302 g/mol. The van der Waals surface area contributed by atoms with Gasteiger partial charge < -0.3 is 16.0 Å². The molecule has 22 heavy (non-hydrogen) atoms. The van der Waals surface area contributed by atoms with Crippen LogP contribution in [0.15, 0.2) is 24.3 Å². The van der Waals surface area contributed by atoms with E-state index in [1.54, 1.807) is 4.90 Å². The van der Waals surface area contributed by atoms with E-state index in [1.165, 1.54) is 0 Å². The molecule has 1 rings (SSSR count). The van der Waals surface area contributed by atoms with Crippen molar-refractivity contribution in [2.24, 2.45) is 5.73 Å². The molecule has 0 aliphatic rings. The number of nitrogens with two attached hydrogens (primary N) is 1. The number of rotatable bonds is 8. The number of carbonyl (C=O) groups is 2. The number of benzene rings is 1. The van der Waals surface area contributed by atoms with Crippen molar-refractivity contribution in [2.45, 2.75) is 38.6 Å². The monoisotopic (exact) mass is 325 g/mol. The first-order valence-electron chi connectivity index (χ1n) is 7.46. The van der Waals surface area contributed by atoms with E-state index in [0.717, 1.165) is 24.8 Å². The molecule has 0 saturated carbocycles. The van der Waals surface area contributed by atoms with E-state index >= 15 is 0 Å². The first-order valence-corrected chi connectivity index (χ1v) is 7.84. The average molecular weight is 326 g/mol. The zero-order valence-electron chi connectivity index (χ0n) is 13.1. The molecular formula is C16H24ClN3O2. The predicted molar refractivity (Wildman–Crippen MR) is 88.7 cm³/mol. The van der Waals surface area contributed by atoms with Gasteiger partial charge in [0.25, 0.3) is 0 Å². The van der Waals surface area contributed by atoms with Gasteiger partial charge in [0, 0.05) is 25.0 Å². The van der Waals surface area contributed by atoms with Crippen molar-refractivity contribution in [3.8, 4) is 0 Å². The second-order valence-electron chi connectivity index (χ2n) is 5.33. The van der Waals surface area contributed by atoms with Crippen molar-refractivity contribution in [1.82, 2.24) is 10.2 Å². The van der Waals surface area contributed by atoms with Crippen LogP contribution in [0.4, 0.5) is 4.79 Å². The van der Waals surface area contributed by atoms with E-state index in [4.69, 9.17) is 17.3 Å². The quantitative estimate of drug-likeness (QED) is 0.721. The summed E-state index contributed by atoms with van der Waals surface area (Å²) in [5.74, 6) is 0.116. The van der Waals surface area contributed by atoms with E-state index in [9.17, 15) is 9.59 Å². The highest BCUT2D eigenvalue weighted by atomic mass is 35.5. The molecule has 3 amide bonds. The maximum atomic E-state index is 12.2. The average Bonchev–Trinajstić information content (AvgIpc) is 2.49. The molecule has 6 heteroatoms. The number of hydrogen-bond acceptors (Lipinski definition) is 2. The molecule has 0 radical (unpaired) electrons. The third kappa shape index (κ3) is 6.35. The standard InChI is InChI=1S/C16H24ClN3O2/c1-12(13-7-9-14(17)10-8-13)20(2)15(21)6-4-3-5-11-19-16(18)22/h7-10,12H,3-6,11H2,1-2H3,(H3,18,19,22)/t12-/m0/s1. The topological polar surface area (TPSA) is 75.4 Å². The molecule has 1 aromatic carbocycles. The predicted octanol–water partition coefficient (Wildman–Crippen LogP) is 3.09. The Morgan fingerprint density at radius 1 is 1.23 bits per heavy atom. The Bertz CT molecular complexity index is 491. The Morgan fingerprint density at radius 3 is 2.45 bits per heavy atom. The lowest BCUT2D eigenvalue weighted by Gasteiger charge is -2.25. The van der Waals surface area contributed by atoms with Crippen molar-refractivity contribution in [2.75, 3.05) is 13.6 Å². The molecule has 0 aromatic heterocycles. The Morgan fingerprint density at radius 2 is 1.86 bits per heavy atom. The van der Waals surface area contributed by atoms with Crippen LogP contribution < -0.4 is 11.1 Å². The Kier molecular flexibility index (Phi) is 7.74. The van der Waals surface area contributed by atoms with Crippen LogP contribution in [0, 0.1) is 0 Å². The van der Waals surface area contributed by atoms with Crippen molar-refractivity contribution in [3.05, 3.63) is 34.9 Å². The molecule has 5 nitrogen and oxygen atoms in total. The maximum absolute atomic E-state index is 12.2. The van der Waals surface area contributed by atoms with Gasteiger partial charge in [-0.1, -0.05) is 30.2 Å². The largest absolute Gasteiger partial charge is 0.352 e. The molecule has 122 valence electrons. The third-order valence-electron chi connectivity index (χ3n) is 3.69. The summed E-state index contributed by atoms with van der Waals surface area (Å²) in [6.45, 7) is 2.55. The van der Waals surface area contributed by atoms with Crippen LogP contribution in [0.3, 0.4) is 0 Å². The molecule has 0 spiro atoms. The molecule has 1 atom stereocenters. The highest BCUT2D eigenvalue weighted by Gasteiger charge is 2.16. The van der Waals surface area contributed by atoms with Crippen LogP contribution in [-0.2, 0) is 4.79 Å². The van der Waals surface area contributed by atoms with Gasteiger partial charge in [-0.05, 0) is 37.5 Å². The molecule has 0 heterocycles. The summed E-state index contributed by atoms with van der Waals surface area (Å²) in [4.78, 5) is 24.4. The number of primary amides is 1. The lowest BCUT2D eigenvalue weighted by Crippen LogP contribution is -2.30. The van der Waals surface area contributed by atoms with Crippen LogP contribution in [0.1, 0.15) is 44.2 Å². The Balaban J connectivity index is 2.32. The fourth-order valence-corrected chi connectivity index (χ4v) is 2.27. The van der Waals surface area contributed by atoms with Crippen molar-refractivity contribution >= 4 is 23.5 Å². The van der Waals surface area contributed by atoms with Crippen LogP contribution in [0.5, 0.6) is 0 Å². The maximum Gasteiger partial charge on any atom is 0.312 e. The molecule has 1 aromatic rings. The van der Waals surface area contributed by atoms with Crippen molar-refractivity contribution in [1.29, 1.82) is 0 Å². The van der Waals surface area contributed by atoms with E-state index in [0.29, 0.717) is 18.0 Å². The number of halogens is 1. The lowest BCUT2D eigenvalue weighted by molar-refractivity contribution is -0.131. The molecule has 0 unspecified atom stereocenters. The number of nitrogens with one attached hydrogen (secondary N) is 1. The number of hydrogen-bond donors (Lipinski definition) is 2. The van der Waals surface area contributed by atoms with Crippen LogP contribution in [0.2, 0.25) is 5.02 Å². The third-order valence-corrected chi connectivity index (χ3v) is 3.95. The molecule has 0 fully saturated rings. The minimum absolute atomic E-state index is 0.0151. The normalized spacial score (nSPS) is 11.8. The highest BCUT2D eigenvalue weighted by molar-refractivity contribution is 6.30. The summed E-state index contributed by atoms with van der Waals surface area (Å²) >= 11 is 5.87. The summed E-state index contributed by atoms with van der Waals surface area (Å²) in [6, 6.07) is 7.04. The van der Waals surface area contributed by atoms with Gasteiger partial charge in [0.15, 0.2) is 0 Å². The number of amides is 3. The van der Waals surface area contributed by atoms with E-state index < -0.39 is 6.03 Å². The fraction of sp³-hybridized carbons (Fsp3) is 0.500. The van der Waals surface area contributed by atoms with Gasteiger partial charge in [-0.3, -0.25) is 4.79 Å². The Hall–Kier alpha value is -1.75. The second-order valence-corrected chi connectivity index (χ2v) is 5.77. The lowest BCUT2D eigenvalue weighted by atomic mass is 10.1. The zero-order valence-corrected chi connectivity index (χ0v) is 13.9. The van der Waals surface area contributed by atoms with Gasteiger partial charge in [0.05, 0.1) is 6.04 Å². The van der Waals surface area contributed by atoms with Crippen LogP contribution in [0.25, 0.3) is 0 Å². The summed E-state index contributed by atoms with van der Waals surface area (Å²) in [7, 11) is 1.82. The SMILES string of the molecule is C[C@@H](c1ccc(Cl)cc1)N(C)C(=O)CCCCCNC(N)=O. The zero-order chi connectivity index (χ0) is 16.5. The van der Waals surface area contributed by atoms with Gasteiger partial charge in [-0.25, -0.2) is 4.79 Å². The van der Waals surface area contributed by atoms with Crippen LogP contribution in [-0.4, -0.2) is 30.4 Å². The van der Waals surface area contributed by atoms with Gasteiger partial charge in [-0.15, -0.1) is 0 Å². The summed E-state index contributed by atoms with van der Waals surface area (Å²) in [5.41, 5.74) is 6.03. The van der Waals surface area contributed by atoms with Gasteiger partial charge >= 0.3 is 6.03 Å². The number of nitrogens with zero attached hydrogens (tertiary/aromatic N) is 1. The first kappa shape index (κ1) is 18.3. The van der Waals surface area contributed by atoms with E-state index in [1.807, 2.05) is 38.2 Å². The minimum atomic E-state index is -0.507. The number of unbranched alkanes of at least 4 members (excludes halogenated alkanes) is 2. The number of carbonyl (C=O) groups excluding carboxylic acids is 2. The number of urea groups is 1. The van der Waals surface area contributed by atoms with Crippen LogP contribution >= 0.6 is 11.6 Å². The van der Waals surface area contributed by atoms with Gasteiger partial charge in [-0.2, -0.15) is 0 Å². The fourth-order valence-electron chi connectivity index (χ4n) is 2.15. The second kappa shape index (κ2) is 9.30. The van der Waals surface area contributed by atoms with E-state index in [-0.39, 0.29) is 11.9 Å². The molecule has 0 aliphatic heterocycles.